The molecular formula is C18H17N5O4. The number of carbonyl (C=O) groups excluding carboxylic acids is 1. The molecule has 0 aliphatic rings. The van der Waals surface area contributed by atoms with E-state index in [1.807, 2.05) is 6.92 Å². The molecule has 1 atom stereocenters. The Morgan fingerprint density at radius 1 is 1.30 bits per heavy atom. The number of amides is 1. The van der Waals surface area contributed by atoms with E-state index in [1.54, 1.807) is 37.5 Å². The standard InChI is InChI=1S/C18H17N5O4/c1-12-5-7-22(21-12)13(2)18(24)20-14-8-15(23(25)26)10-17(9-14)27-16-4-3-6-19-11-16/h3-11,13H,1-2H3,(H,20,24). The van der Waals surface area contributed by atoms with E-state index in [0.717, 1.165) is 5.69 Å². The third kappa shape index (κ3) is 4.46. The maximum atomic E-state index is 12.5. The van der Waals surface area contributed by atoms with Gasteiger partial charge in [0.15, 0.2) is 0 Å². The fraction of sp³-hybridized carbons (Fsp3) is 0.167. The van der Waals surface area contributed by atoms with Crippen LogP contribution in [0.1, 0.15) is 18.7 Å². The number of anilines is 1. The van der Waals surface area contributed by atoms with E-state index < -0.39 is 11.0 Å². The molecule has 1 N–H and O–H groups in total. The van der Waals surface area contributed by atoms with Crippen LogP contribution in [-0.4, -0.2) is 25.6 Å². The van der Waals surface area contributed by atoms with Gasteiger partial charge in [0.1, 0.15) is 17.5 Å². The van der Waals surface area contributed by atoms with Crippen molar-refractivity contribution in [1.82, 2.24) is 14.8 Å². The van der Waals surface area contributed by atoms with Crippen LogP contribution in [-0.2, 0) is 4.79 Å². The Morgan fingerprint density at radius 3 is 2.74 bits per heavy atom. The second-order valence-corrected chi connectivity index (χ2v) is 5.87. The number of rotatable bonds is 6. The maximum Gasteiger partial charge on any atom is 0.275 e. The summed E-state index contributed by atoms with van der Waals surface area (Å²) in [4.78, 5) is 27.1. The smallest absolute Gasteiger partial charge is 0.275 e. The third-order valence-corrected chi connectivity index (χ3v) is 3.76. The van der Waals surface area contributed by atoms with Gasteiger partial charge in [-0.3, -0.25) is 24.6 Å². The average molecular weight is 367 g/mol. The normalized spacial score (nSPS) is 11.6. The van der Waals surface area contributed by atoms with Crippen LogP contribution in [0.15, 0.2) is 55.0 Å². The second kappa shape index (κ2) is 7.65. The summed E-state index contributed by atoms with van der Waals surface area (Å²) in [5.74, 6) is 0.289. The number of hydrogen-bond acceptors (Lipinski definition) is 6. The van der Waals surface area contributed by atoms with Crippen LogP contribution in [0.25, 0.3) is 0 Å². The molecule has 3 rings (SSSR count). The topological polar surface area (TPSA) is 112 Å². The van der Waals surface area contributed by atoms with Crippen molar-refractivity contribution in [2.45, 2.75) is 19.9 Å². The summed E-state index contributed by atoms with van der Waals surface area (Å²) in [6.07, 6.45) is 4.77. The molecule has 1 amide bonds. The number of benzene rings is 1. The van der Waals surface area contributed by atoms with Gasteiger partial charge >= 0.3 is 0 Å². The summed E-state index contributed by atoms with van der Waals surface area (Å²) < 4.78 is 7.13. The molecule has 9 nitrogen and oxygen atoms in total. The van der Waals surface area contributed by atoms with E-state index in [-0.39, 0.29) is 23.0 Å². The van der Waals surface area contributed by atoms with Crippen molar-refractivity contribution in [3.63, 3.8) is 0 Å². The predicted octanol–water partition coefficient (Wildman–Crippen LogP) is 3.49. The molecule has 0 saturated heterocycles. The number of nitrogens with one attached hydrogen (secondary N) is 1. The Balaban J connectivity index is 1.83. The Bertz CT molecular complexity index is 971. The molecule has 27 heavy (non-hydrogen) atoms. The van der Waals surface area contributed by atoms with Crippen LogP contribution in [0.4, 0.5) is 11.4 Å². The molecule has 138 valence electrons. The summed E-state index contributed by atoms with van der Waals surface area (Å²) in [6.45, 7) is 3.51. The lowest BCUT2D eigenvalue weighted by Gasteiger charge is -2.13. The number of aromatic nitrogens is 3. The number of nitro benzene ring substituents is 1. The molecule has 3 aromatic rings. The highest BCUT2D eigenvalue weighted by atomic mass is 16.6. The highest BCUT2D eigenvalue weighted by Crippen LogP contribution is 2.29. The zero-order chi connectivity index (χ0) is 19.4. The Morgan fingerprint density at radius 2 is 2.11 bits per heavy atom. The number of ether oxygens (including phenoxy) is 1. The van der Waals surface area contributed by atoms with E-state index in [0.29, 0.717) is 5.75 Å². The summed E-state index contributed by atoms with van der Waals surface area (Å²) >= 11 is 0. The molecule has 9 heteroatoms. The zero-order valence-electron chi connectivity index (χ0n) is 14.7. The van der Waals surface area contributed by atoms with Gasteiger partial charge in [-0.25, -0.2) is 0 Å². The molecule has 0 aliphatic heterocycles. The molecule has 0 spiro atoms. The van der Waals surface area contributed by atoms with Gasteiger partial charge < -0.3 is 10.1 Å². The minimum atomic E-state index is -0.583. The Labute approximate surface area is 154 Å². The van der Waals surface area contributed by atoms with Gasteiger partial charge in [0.25, 0.3) is 5.69 Å². The number of nitrogens with zero attached hydrogens (tertiary/aromatic N) is 4. The maximum absolute atomic E-state index is 12.5. The van der Waals surface area contributed by atoms with E-state index >= 15 is 0 Å². The summed E-state index contributed by atoms with van der Waals surface area (Å²) in [5, 5.41) is 18.1. The summed E-state index contributed by atoms with van der Waals surface area (Å²) in [7, 11) is 0. The first-order valence-corrected chi connectivity index (χ1v) is 8.12. The van der Waals surface area contributed by atoms with Crippen LogP contribution < -0.4 is 10.1 Å². The number of non-ortho nitro benzene ring substituents is 1. The molecule has 0 aliphatic carbocycles. The van der Waals surface area contributed by atoms with Crippen LogP contribution in [0, 0.1) is 17.0 Å². The number of nitro groups is 1. The van der Waals surface area contributed by atoms with Gasteiger partial charge in [-0.2, -0.15) is 5.10 Å². The van der Waals surface area contributed by atoms with Gasteiger partial charge in [0.05, 0.1) is 28.6 Å². The SMILES string of the molecule is Cc1ccn(C(C)C(=O)Nc2cc(Oc3cccnc3)cc([N+](=O)[O-])c2)n1. The molecule has 0 radical (unpaired) electrons. The van der Waals surface area contributed by atoms with Gasteiger partial charge in [-0.15, -0.1) is 0 Å². The first-order chi connectivity index (χ1) is 12.9. The number of carbonyl (C=O) groups is 1. The second-order valence-electron chi connectivity index (χ2n) is 5.87. The molecular weight excluding hydrogens is 350 g/mol. The fourth-order valence-electron chi connectivity index (χ4n) is 2.38. The largest absolute Gasteiger partial charge is 0.455 e. The quantitative estimate of drug-likeness (QED) is 0.527. The minimum absolute atomic E-state index is 0.200. The molecule has 1 aromatic carbocycles. The Hall–Kier alpha value is -3.75. The lowest BCUT2D eigenvalue weighted by atomic mass is 10.2. The number of hydrogen-bond donors (Lipinski definition) is 1. The Kier molecular flexibility index (Phi) is 5.11. The van der Waals surface area contributed by atoms with E-state index in [2.05, 4.69) is 15.4 Å². The van der Waals surface area contributed by atoms with Gasteiger partial charge in [-0.1, -0.05) is 0 Å². The summed E-state index contributed by atoms with van der Waals surface area (Å²) in [5.41, 5.74) is 0.843. The van der Waals surface area contributed by atoms with Crippen molar-refractivity contribution in [2.24, 2.45) is 0 Å². The van der Waals surface area contributed by atoms with Crippen LogP contribution in [0.5, 0.6) is 11.5 Å². The first-order valence-electron chi connectivity index (χ1n) is 8.12. The van der Waals surface area contributed by atoms with Crippen molar-refractivity contribution in [3.05, 3.63) is 70.8 Å². The van der Waals surface area contributed by atoms with Crippen LogP contribution >= 0.6 is 0 Å². The molecule has 0 saturated carbocycles. The van der Waals surface area contributed by atoms with Crippen molar-refractivity contribution in [3.8, 4) is 11.5 Å². The van der Waals surface area contributed by atoms with Crippen molar-refractivity contribution in [1.29, 1.82) is 0 Å². The van der Waals surface area contributed by atoms with Crippen molar-refractivity contribution in [2.75, 3.05) is 5.32 Å². The minimum Gasteiger partial charge on any atom is -0.455 e. The van der Waals surface area contributed by atoms with E-state index in [9.17, 15) is 14.9 Å². The van der Waals surface area contributed by atoms with E-state index in [4.69, 9.17) is 4.74 Å². The first kappa shape index (κ1) is 18.1. The molecule has 0 fully saturated rings. The monoisotopic (exact) mass is 367 g/mol. The van der Waals surface area contributed by atoms with Gasteiger partial charge in [0.2, 0.25) is 5.91 Å². The summed E-state index contributed by atoms with van der Waals surface area (Å²) in [6, 6.07) is 8.63. The molecule has 2 heterocycles. The van der Waals surface area contributed by atoms with Crippen LogP contribution in [0.2, 0.25) is 0 Å². The van der Waals surface area contributed by atoms with E-state index in [1.165, 1.54) is 29.1 Å². The third-order valence-electron chi connectivity index (χ3n) is 3.76. The lowest BCUT2D eigenvalue weighted by molar-refractivity contribution is -0.384. The van der Waals surface area contributed by atoms with Gasteiger partial charge in [0, 0.05) is 24.5 Å². The molecule has 2 aromatic heterocycles. The fourth-order valence-corrected chi connectivity index (χ4v) is 2.38. The lowest BCUT2D eigenvalue weighted by Crippen LogP contribution is -2.24. The predicted molar refractivity (Wildman–Crippen MR) is 97.7 cm³/mol. The highest BCUT2D eigenvalue weighted by molar-refractivity contribution is 5.94. The average Bonchev–Trinajstić information content (AvgIpc) is 3.08. The van der Waals surface area contributed by atoms with Crippen molar-refractivity contribution >= 4 is 17.3 Å². The molecule has 1 unspecified atom stereocenters. The van der Waals surface area contributed by atoms with Crippen molar-refractivity contribution < 1.29 is 14.5 Å². The highest BCUT2D eigenvalue weighted by Gasteiger charge is 2.18. The van der Waals surface area contributed by atoms with Crippen LogP contribution in [0.3, 0.4) is 0 Å². The number of pyridine rings is 1. The van der Waals surface area contributed by atoms with Gasteiger partial charge in [-0.05, 0) is 32.0 Å². The zero-order valence-corrected chi connectivity index (χ0v) is 14.7. The number of aryl methyl sites for hydroxylation is 1. The molecule has 0 bridgehead atoms.